The van der Waals surface area contributed by atoms with Crippen LogP contribution in [0.1, 0.15) is 37.8 Å². The Morgan fingerprint density at radius 2 is 1.93 bits per heavy atom. The van der Waals surface area contributed by atoms with Gasteiger partial charge in [0.15, 0.2) is 0 Å². The largest absolute Gasteiger partial charge is 0.393 e. The number of rotatable bonds is 5. The monoisotopic (exact) mass is 192 g/mol. The second-order valence-electron chi connectivity index (χ2n) is 3.82. The first kappa shape index (κ1) is 11.3. The van der Waals surface area contributed by atoms with Crippen LogP contribution in [0.3, 0.4) is 0 Å². The topological polar surface area (TPSA) is 20.2 Å². The van der Waals surface area contributed by atoms with Crippen molar-refractivity contribution in [3.63, 3.8) is 0 Å². The number of aliphatic hydroxyl groups excluding tert-OH is 1. The molecule has 0 saturated carbocycles. The predicted octanol–water partition coefficient (Wildman–Crippen LogP) is 2.95. The molecule has 0 aromatic heterocycles. The zero-order chi connectivity index (χ0) is 10.4. The lowest BCUT2D eigenvalue weighted by atomic mass is 10.0. The Kier molecular flexibility index (Phi) is 4.68. The first-order valence-corrected chi connectivity index (χ1v) is 5.52. The van der Waals surface area contributed by atoms with E-state index >= 15 is 0 Å². The summed E-state index contributed by atoms with van der Waals surface area (Å²) in [5.41, 5.74) is 2.61. The Labute approximate surface area is 86.8 Å². The van der Waals surface area contributed by atoms with E-state index < -0.39 is 0 Å². The lowest BCUT2D eigenvalue weighted by Crippen LogP contribution is -2.09. The van der Waals surface area contributed by atoms with Gasteiger partial charge in [0.2, 0.25) is 0 Å². The molecule has 0 heterocycles. The Balaban J connectivity index is 2.57. The van der Waals surface area contributed by atoms with E-state index in [4.69, 9.17) is 0 Å². The van der Waals surface area contributed by atoms with Crippen LogP contribution in [0.4, 0.5) is 0 Å². The van der Waals surface area contributed by atoms with E-state index in [1.54, 1.807) is 0 Å². The molecule has 14 heavy (non-hydrogen) atoms. The Morgan fingerprint density at radius 1 is 1.21 bits per heavy atom. The van der Waals surface area contributed by atoms with Gasteiger partial charge in [0.05, 0.1) is 6.10 Å². The van der Waals surface area contributed by atoms with Gasteiger partial charge in [-0.1, -0.05) is 44.5 Å². The van der Waals surface area contributed by atoms with Crippen LogP contribution in [0.5, 0.6) is 0 Å². The fourth-order valence-corrected chi connectivity index (χ4v) is 1.68. The predicted molar refractivity (Wildman–Crippen MR) is 60.4 cm³/mol. The maximum Gasteiger partial charge on any atom is 0.0580 e. The summed E-state index contributed by atoms with van der Waals surface area (Å²) < 4.78 is 0. The molecule has 0 bridgehead atoms. The molecule has 78 valence electrons. The van der Waals surface area contributed by atoms with E-state index in [1.165, 1.54) is 11.1 Å². The molecule has 0 unspecified atom stereocenters. The SMILES string of the molecule is CCC[C@H](O)Cc1cccc(CC)c1. The molecule has 0 aliphatic carbocycles. The molecule has 1 nitrogen and oxygen atoms in total. The van der Waals surface area contributed by atoms with Crippen LogP contribution < -0.4 is 0 Å². The van der Waals surface area contributed by atoms with Gasteiger partial charge in [0.25, 0.3) is 0 Å². The third-order valence-corrected chi connectivity index (χ3v) is 2.49. The summed E-state index contributed by atoms with van der Waals surface area (Å²) in [5.74, 6) is 0. The summed E-state index contributed by atoms with van der Waals surface area (Å²) in [6, 6.07) is 8.50. The first-order chi connectivity index (χ1) is 6.76. The highest BCUT2D eigenvalue weighted by Gasteiger charge is 2.04. The van der Waals surface area contributed by atoms with Crippen molar-refractivity contribution in [2.45, 2.75) is 45.6 Å². The Hall–Kier alpha value is -0.820. The van der Waals surface area contributed by atoms with Gasteiger partial charge in [-0.15, -0.1) is 0 Å². The third kappa shape index (κ3) is 3.51. The van der Waals surface area contributed by atoms with Crippen molar-refractivity contribution >= 4 is 0 Å². The lowest BCUT2D eigenvalue weighted by molar-refractivity contribution is 0.164. The lowest BCUT2D eigenvalue weighted by Gasteiger charge is -2.09. The second-order valence-corrected chi connectivity index (χ2v) is 3.82. The normalized spacial score (nSPS) is 12.8. The van der Waals surface area contributed by atoms with Gasteiger partial charge in [-0.05, 0) is 30.4 Å². The molecule has 1 N–H and O–H groups in total. The quantitative estimate of drug-likeness (QED) is 0.760. The van der Waals surface area contributed by atoms with E-state index in [1.807, 2.05) is 0 Å². The summed E-state index contributed by atoms with van der Waals surface area (Å²) in [6.45, 7) is 4.26. The standard InChI is InChI=1S/C13H20O/c1-3-6-13(14)10-12-8-5-7-11(4-2)9-12/h5,7-9,13-14H,3-4,6,10H2,1-2H3/t13-/m0/s1. The molecular formula is C13H20O. The minimum absolute atomic E-state index is 0.174. The van der Waals surface area contributed by atoms with Crippen LogP contribution in [0.15, 0.2) is 24.3 Å². The van der Waals surface area contributed by atoms with Gasteiger partial charge < -0.3 is 5.11 Å². The Morgan fingerprint density at radius 3 is 2.57 bits per heavy atom. The Bertz CT molecular complexity index is 268. The molecule has 1 aromatic rings. The van der Waals surface area contributed by atoms with Crippen molar-refractivity contribution in [1.82, 2.24) is 0 Å². The van der Waals surface area contributed by atoms with Crippen molar-refractivity contribution in [2.75, 3.05) is 0 Å². The molecule has 0 radical (unpaired) electrons. The van der Waals surface area contributed by atoms with E-state index in [0.717, 1.165) is 25.7 Å². The van der Waals surface area contributed by atoms with Crippen molar-refractivity contribution < 1.29 is 5.11 Å². The molecule has 0 spiro atoms. The summed E-state index contributed by atoms with van der Waals surface area (Å²) >= 11 is 0. The average molecular weight is 192 g/mol. The minimum atomic E-state index is -0.174. The van der Waals surface area contributed by atoms with Crippen molar-refractivity contribution in [3.05, 3.63) is 35.4 Å². The molecule has 1 atom stereocenters. The van der Waals surface area contributed by atoms with E-state index in [2.05, 4.69) is 38.1 Å². The number of aryl methyl sites for hydroxylation is 1. The van der Waals surface area contributed by atoms with Crippen LogP contribution in [0.2, 0.25) is 0 Å². The minimum Gasteiger partial charge on any atom is -0.393 e. The van der Waals surface area contributed by atoms with E-state index in [9.17, 15) is 5.11 Å². The van der Waals surface area contributed by atoms with Crippen LogP contribution in [-0.2, 0) is 12.8 Å². The molecule has 0 fully saturated rings. The number of aliphatic hydroxyl groups is 1. The van der Waals surface area contributed by atoms with E-state index in [-0.39, 0.29) is 6.10 Å². The van der Waals surface area contributed by atoms with Crippen LogP contribution in [-0.4, -0.2) is 11.2 Å². The number of hydrogen-bond acceptors (Lipinski definition) is 1. The average Bonchev–Trinajstić information content (AvgIpc) is 2.18. The molecule has 0 amide bonds. The first-order valence-electron chi connectivity index (χ1n) is 5.52. The maximum atomic E-state index is 9.67. The summed E-state index contributed by atoms with van der Waals surface area (Å²) in [7, 11) is 0. The van der Waals surface area contributed by atoms with Gasteiger partial charge in [0, 0.05) is 0 Å². The van der Waals surface area contributed by atoms with E-state index in [0.29, 0.717) is 0 Å². The highest BCUT2D eigenvalue weighted by atomic mass is 16.3. The van der Waals surface area contributed by atoms with Crippen molar-refractivity contribution in [3.8, 4) is 0 Å². The summed E-state index contributed by atoms with van der Waals surface area (Å²) in [6.07, 6.45) is 3.64. The van der Waals surface area contributed by atoms with Gasteiger partial charge in [0.1, 0.15) is 0 Å². The fourth-order valence-electron chi connectivity index (χ4n) is 1.68. The number of benzene rings is 1. The van der Waals surface area contributed by atoms with Gasteiger partial charge >= 0.3 is 0 Å². The van der Waals surface area contributed by atoms with Crippen LogP contribution >= 0.6 is 0 Å². The molecule has 0 aliphatic rings. The highest BCUT2D eigenvalue weighted by molar-refractivity contribution is 5.23. The molecule has 0 aliphatic heterocycles. The third-order valence-electron chi connectivity index (χ3n) is 2.49. The molecule has 0 saturated heterocycles. The second kappa shape index (κ2) is 5.82. The van der Waals surface area contributed by atoms with Gasteiger partial charge in [-0.3, -0.25) is 0 Å². The molecule has 1 rings (SSSR count). The smallest absolute Gasteiger partial charge is 0.0580 e. The fraction of sp³-hybridized carbons (Fsp3) is 0.538. The highest BCUT2D eigenvalue weighted by Crippen LogP contribution is 2.10. The molecule has 1 aromatic carbocycles. The van der Waals surface area contributed by atoms with Crippen LogP contribution in [0, 0.1) is 0 Å². The zero-order valence-electron chi connectivity index (χ0n) is 9.16. The molecule has 1 heteroatoms. The maximum absolute atomic E-state index is 9.67. The number of hydrogen-bond donors (Lipinski definition) is 1. The van der Waals surface area contributed by atoms with Crippen LogP contribution in [0.25, 0.3) is 0 Å². The van der Waals surface area contributed by atoms with Crippen molar-refractivity contribution in [1.29, 1.82) is 0 Å². The van der Waals surface area contributed by atoms with Crippen molar-refractivity contribution in [2.24, 2.45) is 0 Å². The zero-order valence-corrected chi connectivity index (χ0v) is 9.16. The molecular weight excluding hydrogens is 172 g/mol. The summed E-state index contributed by atoms with van der Waals surface area (Å²) in [4.78, 5) is 0. The van der Waals surface area contributed by atoms with Gasteiger partial charge in [-0.2, -0.15) is 0 Å². The summed E-state index contributed by atoms with van der Waals surface area (Å²) in [5, 5.41) is 9.67. The van der Waals surface area contributed by atoms with Gasteiger partial charge in [-0.25, -0.2) is 0 Å².